The Labute approximate surface area is 198 Å². The second-order valence-corrected chi connectivity index (χ2v) is 7.80. The normalized spacial score (nSPS) is 15.8. The third kappa shape index (κ3) is 6.17. The van der Waals surface area contributed by atoms with Crippen molar-refractivity contribution in [3.8, 4) is 0 Å². The lowest BCUT2D eigenvalue weighted by atomic mass is 9.97. The SMILES string of the molecule is CCOC(=O)/C=C/c1cc(CCN[C@H](c2ccccc2)[C@H]2CNc3cccnc3N2)ccn1.[HH].[HH].[HH]. The van der Waals surface area contributed by atoms with Gasteiger partial charge in [0.05, 0.1) is 30.1 Å². The van der Waals surface area contributed by atoms with Gasteiger partial charge in [0.15, 0.2) is 0 Å². The van der Waals surface area contributed by atoms with E-state index in [-0.39, 0.29) is 22.3 Å². The minimum atomic E-state index is -0.360. The smallest absolute Gasteiger partial charge is 0.330 e. The first-order valence-electron chi connectivity index (χ1n) is 11.3. The first-order chi connectivity index (χ1) is 16.2. The molecule has 0 fully saturated rings. The Balaban J connectivity index is 0.00000216. The largest absolute Gasteiger partial charge is 0.463 e. The van der Waals surface area contributed by atoms with E-state index in [0.717, 1.165) is 42.3 Å². The fourth-order valence-corrected chi connectivity index (χ4v) is 3.92. The van der Waals surface area contributed by atoms with Gasteiger partial charge < -0.3 is 20.7 Å². The van der Waals surface area contributed by atoms with Crippen molar-refractivity contribution >= 4 is 23.6 Å². The standard InChI is InChI=1S/C26H29N5O2.3H2/c1-2-33-24(32)11-10-21-17-19(12-15-27-21)13-16-28-25(20-7-4-3-5-8-20)23-18-30-22-9-6-14-29-26(22)31-23;;;/h3-12,14-15,17,23,25,28,30H,2,13,16,18H2,1H3,(H,29,31);3*1H/b11-10+;;;/t23-,25-;;;/m1.../s1. The number of pyridine rings is 2. The molecular formula is C26H35N5O2. The van der Waals surface area contributed by atoms with E-state index >= 15 is 0 Å². The maximum atomic E-state index is 11.5. The second-order valence-electron chi connectivity index (χ2n) is 7.80. The van der Waals surface area contributed by atoms with E-state index in [0.29, 0.717) is 6.61 Å². The lowest BCUT2D eigenvalue weighted by Crippen LogP contribution is -2.44. The van der Waals surface area contributed by atoms with Crippen molar-refractivity contribution in [3.63, 3.8) is 0 Å². The minimum Gasteiger partial charge on any atom is -0.463 e. The molecule has 0 saturated carbocycles. The zero-order chi connectivity index (χ0) is 22.9. The van der Waals surface area contributed by atoms with Crippen LogP contribution in [0.2, 0.25) is 0 Å². The number of rotatable bonds is 9. The molecule has 0 bridgehead atoms. The Kier molecular flexibility index (Phi) is 7.66. The maximum absolute atomic E-state index is 11.5. The van der Waals surface area contributed by atoms with Crippen LogP contribution in [0.3, 0.4) is 0 Å². The van der Waals surface area contributed by atoms with Gasteiger partial charge in [-0.3, -0.25) is 4.98 Å². The van der Waals surface area contributed by atoms with Crippen molar-refractivity contribution in [1.29, 1.82) is 0 Å². The van der Waals surface area contributed by atoms with E-state index in [1.54, 1.807) is 25.4 Å². The summed E-state index contributed by atoms with van der Waals surface area (Å²) in [5, 5.41) is 10.8. The van der Waals surface area contributed by atoms with Crippen LogP contribution in [0.4, 0.5) is 11.5 Å². The molecule has 1 aromatic carbocycles. The van der Waals surface area contributed by atoms with Gasteiger partial charge in [0.1, 0.15) is 5.82 Å². The fraction of sp³-hybridized carbons (Fsp3) is 0.269. The molecule has 7 heteroatoms. The molecule has 3 heterocycles. The van der Waals surface area contributed by atoms with E-state index in [1.165, 1.54) is 11.6 Å². The van der Waals surface area contributed by atoms with Crippen LogP contribution in [0.15, 0.2) is 73.1 Å². The Hall–Kier alpha value is -3.71. The quantitative estimate of drug-likeness (QED) is 0.326. The summed E-state index contributed by atoms with van der Waals surface area (Å²) in [4.78, 5) is 20.3. The summed E-state index contributed by atoms with van der Waals surface area (Å²) in [5.74, 6) is 0.519. The van der Waals surface area contributed by atoms with Gasteiger partial charge in [0.2, 0.25) is 0 Å². The Morgan fingerprint density at radius 2 is 2.09 bits per heavy atom. The van der Waals surface area contributed by atoms with Crippen LogP contribution < -0.4 is 16.0 Å². The van der Waals surface area contributed by atoms with Gasteiger partial charge in [-0.25, -0.2) is 9.78 Å². The Morgan fingerprint density at radius 3 is 2.94 bits per heavy atom. The van der Waals surface area contributed by atoms with Crippen LogP contribution in [-0.4, -0.2) is 41.7 Å². The van der Waals surface area contributed by atoms with Crippen LogP contribution in [0.1, 0.15) is 34.1 Å². The molecular weight excluding hydrogens is 414 g/mol. The lowest BCUT2D eigenvalue weighted by Gasteiger charge is -2.34. The minimum absolute atomic E-state index is 0. The molecule has 1 aliphatic heterocycles. The van der Waals surface area contributed by atoms with E-state index in [1.807, 2.05) is 30.3 Å². The van der Waals surface area contributed by atoms with Crippen molar-refractivity contribution in [1.82, 2.24) is 15.3 Å². The highest BCUT2D eigenvalue weighted by molar-refractivity contribution is 5.86. The highest BCUT2D eigenvalue weighted by Crippen LogP contribution is 2.28. The van der Waals surface area contributed by atoms with Gasteiger partial charge >= 0.3 is 5.97 Å². The number of esters is 1. The number of ether oxygens (including phenoxy) is 1. The number of anilines is 2. The van der Waals surface area contributed by atoms with Gasteiger partial charge in [-0.15, -0.1) is 0 Å². The average molecular weight is 450 g/mol. The van der Waals surface area contributed by atoms with E-state index in [4.69, 9.17) is 4.74 Å². The fourth-order valence-electron chi connectivity index (χ4n) is 3.92. The zero-order valence-corrected chi connectivity index (χ0v) is 18.7. The molecule has 2 atom stereocenters. The van der Waals surface area contributed by atoms with Crippen LogP contribution >= 0.6 is 0 Å². The van der Waals surface area contributed by atoms with Crippen molar-refractivity contribution in [3.05, 3.63) is 89.9 Å². The number of carbonyl (C=O) groups excluding carboxylic acids is 1. The number of fused-ring (bicyclic) bond motifs is 1. The van der Waals surface area contributed by atoms with E-state index in [9.17, 15) is 4.79 Å². The number of nitrogens with one attached hydrogen (secondary N) is 3. The molecule has 4 rings (SSSR count). The number of hydrogen-bond acceptors (Lipinski definition) is 7. The summed E-state index contributed by atoms with van der Waals surface area (Å²) in [5.41, 5.74) is 4.14. The molecule has 2 aromatic heterocycles. The molecule has 0 amide bonds. The monoisotopic (exact) mass is 449 g/mol. The summed E-state index contributed by atoms with van der Waals surface area (Å²) in [6.07, 6.45) is 7.50. The Morgan fingerprint density at radius 1 is 1.21 bits per heavy atom. The second kappa shape index (κ2) is 11.2. The predicted molar refractivity (Wildman–Crippen MR) is 137 cm³/mol. The van der Waals surface area contributed by atoms with Crippen LogP contribution in [0, 0.1) is 0 Å². The third-order valence-electron chi connectivity index (χ3n) is 5.50. The number of carbonyl (C=O) groups is 1. The van der Waals surface area contributed by atoms with Gasteiger partial charge in [0, 0.05) is 29.3 Å². The molecule has 0 aliphatic carbocycles. The molecule has 0 radical (unpaired) electrons. The van der Waals surface area contributed by atoms with E-state index < -0.39 is 0 Å². The summed E-state index contributed by atoms with van der Waals surface area (Å²) in [6.45, 7) is 3.73. The number of hydrogen-bond donors (Lipinski definition) is 3. The molecule has 3 N–H and O–H groups in total. The van der Waals surface area contributed by atoms with Crippen molar-refractivity contribution in [2.24, 2.45) is 0 Å². The van der Waals surface area contributed by atoms with Crippen molar-refractivity contribution < 1.29 is 13.8 Å². The molecule has 3 aromatic rings. The highest BCUT2D eigenvalue weighted by atomic mass is 16.5. The van der Waals surface area contributed by atoms with Crippen molar-refractivity contribution in [2.75, 3.05) is 30.3 Å². The first-order valence-corrected chi connectivity index (χ1v) is 11.3. The maximum Gasteiger partial charge on any atom is 0.330 e. The topological polar surface area (TPSA) is 88.2 Å². The van der Waals surface area contributed by atoms with Gasteiger partial charge in [0.25, 0.3) is 0 Å². The number of nitrogens with zero attached hydrogens (tertiary/aromatic N) is 2. The third-order valence-corrected chi connectivity index (χ3v) is 5.50. The molecule has 0 saturated heterocycles. The molecule has 7 nitrogen and oxygen atoms in total. The summed E-state index contributed by atoms with van der Waals surface area (Å²) < 4.78 is 4.93. The number of aromatic nitrogens is 2. The molecule has 33 heavy (non-hydrogen) atoms. The first kappa shape index (κ1) is 22.5. The molecule has 0 spiro atoms. The van der Waals surface area contributed by atoms with Crippen LogP contribution in [-0.2, 0) is 16.0 Å². The summed E-state index contributed by atoms with van der Waals surface area (Å²) in [6, 6.07) is 18.7. The number of benzene rings is 1. The van der Waals surface area contributed by atoms with E-state index in [2.05, 4.69) is 50.2 Å². The summed E-state index contributed by atoms with van der Waals surface area (Å²) in [7, 11) is 0. The Bertz CT molecular complexity index is 1100. The van der Waals surface area contributed by atoms with Crippen LogP contribution in [0.5, 0.6) is 0 Å². The average Bonchev–Trinajstić information content (AvgIpc) is 2.86. The van der Waals surface area contributed by atoms with Gasteiger partial charge in [-0.1, -0.05) is 30.3 Å². The zero-order valence-electron chi connectivity index (χ0n) is 18.7. The molecule has 1 aliphatic rings. The van der Waals surface area contributed by atoms with Gasteiger partial charge in [-0.05, 0) is 61.4 Å². The lowest BCUT2D eigenvalue weighted by molar-refractivity contribution is -0.137. The summed E-state index contributed by atoms with van der Waals surface area (Å²) >= 11 is 0. The van der Waals surface area contributed by atoms with Crippen LogP contribution in [0.25, 0.3) is 6.08 Å². The molecule has 0 unspecified atom stereocenters. The van der Waals surface area contributed by atoms with Crippen molar-refractivity contribution in [2.45, 2.75) is 25.4 Å². The highest BCUT2D eigenvalue weighted by Gasteiger charge is 2.27. The predicted octanol–water partition coefficient (Wildman–Crippen LogP) is 4.57. The van der Waals surface area contributed by atoms with Gasteiger partial charge in [-0.2, -0.15) is 0 Å². The molecule has 176 valence electrons.